The zero-order valence-electron chi connectivity index (χ0n) is 12.2. The van der Waals surface area contributed by atoms with Crippen molar-refractivity contribution in [1.82, 2.24) is 15.3 Å². The Morgan fingerprint density at radius 3 is 2.68 bits per heavy atom. The Bertz CT molecular complexity index is 737. The second-order valence-electron chi connectivity index (χ2n) is 5.02. The molecule has 0 aliphatic carbocycles. The molecular formula is C17H17N3OS. The predicted octanol–water partition coefficient (Wildman–Crippen LogP) is 3.36. The monoisotopic (exact) mass is 311 g/mol. The number of rotatable bonds is 5. The highest BCUT2D eigenvalue weighted by Gasteiger charge is 2.16. The minimum Gasteiger partial charge on any atom is -0.351 e. The SMILES string of the molecule is CC(Sc1nc2ccccc2[nH]1)C(=O)NCc1ccccc1. The molecule has 1 amide bonds. The van der Waals surface area contributed by atoms with Crippen LogP contribution in [0.4, 0.5) is 0 Å². The summed E-state index contributed by atoms with van der Waals surface area (Å²) in [4.78, 5) is 19.9. The summed E-state index contributed by atoms with van der Waals surface area (Å²) >= 11 is 1.43. The first-order valence-corrected chi connectivity index (χ1v) is 8.03. The van der Waals surface area contributed by atoms with Crippen LogP contribution in [0.25, 0.3) is 11.0 Å². The molecular weight excluding hydrogens is 294 g/mol. The summed E-state index contributed by atoms with van der Waals surface area (Å²) in [5.74, 6) is 0.00862. The summed E-state index contributed by atoms with van der Waals surface area (Å²) in [5, 5.41) is 3.51. The van der Waals surface area contributed by atoms with Crippen LogP contribution < -0.4 is 5.32 Å². The Balaban J connectivity index is 1.58. The van der Waals surface area contributed by atoms with Crippen molar-refractivity contribution in [3.05, 3.63) is 60.2 Å². The first-order valence-electron chi connectivity index (χ1n) is 7.15. The van der Waals surface area contributed by atoms with Gasteiger partial charge in [-0.05, 0) is 24.6 Å². The smallest absolute Gasteiger partial charge is 0.233 e. The van der Waals surface area contributed by atoms with E-state index in [1.54, 1.807) is 0 Å². The first kappa shape index (κ1) is 14.7. The highest BCUT2D eigenvalue weighted by molar-refractivity contribution is 8.00. The summed E-state index contributed by atoms with van der Waals surface area (Å²) in [5.41, 5.74) is 3.00. The molecule has 0 aliphatic rings. The van der Waals surface area contributed by atoms with E-state index in [0.29, 0.717) is 6.54 Å². The number of hydrogen-bond donors (Lipinski definition) is 2. The van der Waals surface area contributed by atoms with E-state index in [2.05, 4.69) is 15.3 Å². The molecule has 0 aliphatic heterocycles. The maximum Gasteiger partial charge on any atom is 0.233 e. The predicted molar refractivity (Wildman–Crippen MR) is 89.7 cm³/mol. The third-order valence-electron chi connectivity index (χ3n) is 3.33. The highest BCUT2D eigenvalue weighted by Crippen LogP contribution is 2.23. The molecule has 1 heterocycles. The van der Waals surface area contributed by atoms with Crippen molar-refractivity contribution < 1.29 is 4.79 Å². The molecule has 0 spiro atoms. The number of imidazole rings is 1. The van der Waals surface area contributed by atoms with Crippen molar-refractivity contribution in [3.8, 4) is 0 Å². The average Bonchev–Trinajstić information content (AvgIpc) is 2.95. The Morgan fingerprint density at radius 2 is 1.91 bits per heavy atom. The fraction of sp³-hybridized carbons (Fsp3) is 0.176. The van der Waals surface area contributed by atoms with Crippen molar-refractivity contribution in [2.24, 2.45) is 0 Å². The number of benzene rings is 2. The lowest BCUT2D eigenvalue weighted by atomic mass is 10.2. The highest BCUT2D eigenvalue weighted by atomic mass is 32.2. The first-order chi connectivity index (χ1) is 10.7. The number of fused-ring (bicyclic) bond motifs is 1. The maximum atomic E-state index is 12.2. The van der Waals surface area contributed by atoms with E-state index in [1.165, 1.54) is 11.8 Å². The number of nitrogens with zero attached hydrogens (tertiary/aromatic N) is 1. The molecule has 1 atom stereocenters. The lowest BCUT2D eigenvalue weighted by Gasteiger charge is -2.10. The van der Waals surface area contributed by atoms with Gasteiger partial charge >= 0.3 is 0 Å². The minimum absolute atomic E-state index is 0.00862. The van der Waals surface area contributed by atoms with E-state index in [1.807, 2.05) is 61.5 Å². The molecule has 1 unspecified atom stereocenters. The fourth-order valence-electron chi connectivity index (χ4n) is 2.13. The van der Waals surface area contributed by atoms with E-state index >= 15 is 0 Å². The number of aromatic amines is 1. The molecule has 1 aromatic heterocycles. The maximum absolute atomic E-state index is 12.2. The topological polar surface area (TPSA) is 57.8 Å². The van der Waals surface area contributed by atoms with Crippen LogP contribution >= 0.6 is 11.8 Å². The van der Waals surface area contributed by atoms with Gasteiger partial charge in [0.15, 0.2) is 5.16 Å². The zero-order valence-corrected chi connectivity index (χ0v) is 13.1. The lowest BCUT2D eigenvalue weighted by molar-refractivity contribution is -0.120. The number of amides is 1. The van der Waals surface area contributed by atoms with E-state index in [4.69, 9.17) is 0 Å². The van der Waals surface area contributed by atoms with Crippen molar-refractivity contribution in [2.75, 3.05) is 0 Å². The molecule has 3 aromatic rings. The molecule has 2 aromatic carbocycles. The Morgan fingerprint density at radius 1 is 1.18 bits per heavy atom. The quantitative estimate of drug-likeness (QED) is 0.710. The van der Waals surface area contributed by atoms with Crippen molar-refractivity contribution >= 4 is 28.7 Å². The summed E-state index contributed by atoms with van der Waals surface area (Å²) in [6.07, 6.45) is 0. The molecule has 0 saturated carbocycles. The van der Waals surface area contributed by atoms with Crippen molar-refractivity contribution in [2.45, 2.75) is 23.9 Å². The Labute approximate surface area is 133 Å². The van der Waals surface area contributed by atoms with Gasteiger partial charge in [-0.2, -0.15) is 0 Å². The van der Waals surface area contributed by atoms with Crippen LogP contribution in [0.1, 0.15) is 12.5 Å². The number of hydrogen-bond acceptors (Lipinski definition) is 3. The van der Waals surface area contributed by atoms with Gasteiger partial charge in [0.1, 0.15) is 0 Å². The molecule has 3 rings (SSSR count). The van der Waals surface area contributed by atoms with Crippen molar-refractivity contribution in [1.29, 1.82) is 0 Å². The van der Waals surface area contributed by atoms with Crippen molar-refractivity contribution in [3.63, 3.8) is 0 Å². The summed E-state index contributed by atoms with van der Waals surface area (Å²) in [6, 6.07) is 17.7. The molecule has 0 radical (unpaired) electrons. The summed E-state index contributed by atoms with van der Waals surface area (Å²) < 4.78 is 0. The number of para-hydroxylation sites is 2. The van der Waals surface area contributed by atoms with Crippen LogP contribution in [0.5, 0.6) is 0 Å². The minimum atomic E-state index is -0.204. The van der Waals surface area contributed by atoms with E-state index in [9.17, 15) is 4.79 Å². The number of carbonyl (C=O) groups excluding carboxylic acids is 1. The summed E-state index contributed by atoms with van der Waals surface area (Å²) in [6.45, 7) is 2.43. The second kappa shape index (κ2) is 6.66. The van der Waals surface area contributed by atoms with E-state index in [-0.39, 0.29) is 11.2 Å². The normalized spacial score (nSPS) is 12.2. The third-order valence-corrected chi connectivity index (χ3v) is 4.32. The zero-order chi connectivity index (χ0) is 15.4. The molecule has 0 saturated heterocycles. The summed E-state index contributed by atoms with van der Waals surface area (Å²) in [7, 11) is 0. The molecule has 4 nitrogen and oxygen atoms in total. The van der Waals surface area contributed by atoms with Crippen LogP contribution in [0.2, 0.25) is 0 Å². The van der Waals surface area contributed by atoms with Gasteiger partial charge in [0.2, 0.25) is 5.91 Å². The van der Waals surface area contributed by atoms with Gasteiger partial charge in [-0.1, -0.05) is 54.2 Å². The molecule has 2 N–H and O–H groups in total. The van der Waals surface area contributed by atoms with Gasteiger partial charge in [0.05, 0.1) is 16.3 Å². The number of carbonyl (C=O) groups is 1. The largest absolute Gasteiger partial charge is 0.351 e. The molecule has 112 valence electrons. The molecule has 0 bridgehead atoms. The van der Waals surface area contributed by atoms with Gasteiger partial charge < -0.3 is 10.3 Å². The van der Waals surface area contributed by atoms with Gasteiger partial charge in [-0.25, -0.2) is 4.98 Å². The standard InChI is InChI=1S/C17H17N3OS/c1-12(16(21)18-11-13-7-3-2-4-8-13)22-17-19-14-9-5-6-10-15(14)20-17/h2-10,12H,11H2,1H3,(H,18,21)(H,19,20). The van der Waals surface area contributed by atoms with Gasteiger partial charge in [-0.15, -0.1) is 0 Å². The average molecular weight is 311 g/mol. The van der Waals surface area contributed by atoms with E-state index in [0.717, 1.165) is 21.8 Å². The van der Waals surface area contributed by atoms with Crippen LogP contribution in [0.15, 0.2) is 59.8 Å². The van der Waals surface area contributed by atoms with Gasteiger partial charge in [0.25, 0.3) is 0 Å². The van der Waals surface area contributed by atoms with E-state index < -0.39 is 0 Å². The van der Waals surface area contributed by atoms with Crippen LogP contribution in [0.3, 0.4) is 0 Å². The van der Waals surface area contributed by atoms with Gasteiger partial charge in [0, 0.05) is 6.54 Å². The van der Waals surface area contributed by atoms with Crippen LogP contribution in [-0.2, 0) is 11.3 Å². The number of nitrogens with one attached hydrogen (secondary N) is 2. The third kappa shape index (κ3) is 3.49. The number of aromatic nitrogens is 2. The lowest BCUT2D eigenvalue weighted by Crippen LogP contribution is -2.30. The van der Waals surface area contributed by atoms with Gasteiger partial charge in [-0.3, -0.25) is 4.79 Å². The molecule has 5 heteroatoms. The Kier molecular flexibility index (Phi) is 4.44. The Hall–Kier alpha value is -2.27. The fourth-order valence-corrected chi connectivity index (χ4v) is 2.98. The van der Waals surface area contributed by atoms with Crippen LogP contribution in [0, 0.1) is 0 Å². The molecule has 22 heavy (non-hydrogen) atoms. The van der Waals surface area contributed by atoms with Crippen LogP contribution in [-0.4, -0.2) is 21.1 Å². The second-order valence-corrected chi connectivity index (χ2v) is 6.35. The number of H-pyrrole nitrogens is 1. The molecule has 0 fully saturated rings. The number of thioether (sulfide) groups is 1.